The van der Waals surface area contributed by atoms with E-state index in [0.717, 1.165) is 11.1 Å². The van der Waals surface area contributed by atoms with Gasteiger partial charge < -0.3 is 13.9 Å². The zero-order chi connectivity index (χ0) is 20.8. The highest BCUT2D eigenvalue weighted by molar-refractivity contribution is 5.87. The number of oxazole rings is 1. The first kappa shape index (κ1) is 19.4. The van der Waals surface area contributed by atoms with Crippen molar-refractivity contribution in [2.45, 2.75) is 13.2 Å². The van der Waals surface area contributed by atoms with Gasteiger partial charge in [0.1, 0.15) is 19.5 Å². The van der Waals surface area contributed by atoms with Gasteiger partial charge >= 0.3 is 5.97 Å². The average molecular weight is 403 g/mol. The molecule has 0 atom stereocenters. The molecule has 5 nitrogen and oxygen atoms in total. The molecule has 0 fully saturated rings. The summed E-state index contributed by atoms with van der Waals surface area (Å²) < 4.78 is 30.5. The molecule has 0 saturated heterocycles. The Morgan fingerprint density at radius 2 is 1.57 bits per heavy atom. The van der Waals surface area contributed by atoms with Crippen LogP contribution >= 0.6 is 0 Å². The van der Waals surface area contributed by atoms with Crippen molar-refractivity contribution in [1.82, 2.24) is 4.98 Å². The van der Waals surface area contributed by atoms with Gasteiger partial charge in [-0.15, -0.1) is 0 Å². The van der Waals surface area contributed by atoms with Crippen molar-refractivity contribution in [3.8, 4) is 17.2 Å². The van der Waals surface area contributed by atoms with Crippen LogP contribution in [0.15, 0.2) is 89.5 Å². The Balaban J connectivity index is 1.40. The van der Waals surface area contributed by atoms with E-state index in [4.69, 9.17) is 13.9 Å². The lowest BCUT2D eigenvalue weighted by Crippen LogP contribution is -2.05. The van der Waals surface area contributed by atoms with Crippen molar-refractivity contribution in [3.63, 3.8) is 0 Å². The Kier molecular flexibility index (Phi) is 5.85. The molecule has 1 aromatic heterocycles. The van der Waals surface area contributed by atoms with E-state index in [1.807, 2.05) is 60.7 Å². The molecule has 0 bridgehead atoms. The molecule has 0 saturated carbocycles. The van der Waals surface area contributed by atoms with Crippen LogP contribution < -0.4 is 4.74 Å². The monoisotopic (exact) mass is 403 g/mol. The van der Waals surface area contributed by atoms with E-state index in [0.29, 0.717) is 5.56 Å². The molecular formula is C24H18FNO4. The summed E-state index contributed by atoms with van der Waals surface area (Å²) in [6.07, 6.45) is 1.19. The number of hydrogen-bond acceptors (Lipinski definition) is 5. The Bertz CT molecular complexity index is 1130. The maximum Gasteiger partial charge on any atom is 0.360 e. The van der Waals surface area contributed by atoms with E-state index in [1.165, 1.54) is 18.4 Å². The molecule has 150 valence electrons. The SMILES string of the molecule is O=C(OCc1ccccc1)c1coc(-c2ccc(OCc3ccccc3)c(F)c2)n1. The number of nitrogens with zero attached hydrogens (tertiary/aromatic N) is 1. The molecule has 3 aromatic carbocycles. The Morgan fingerprint density at radius 3 is 2.23 bits per heavy atom. The molecule has 0 spiro atoms. The molecule has 0 aliphatic rings. The van der Waals surface area contributed by atoms with Crippen LogP contribution in [0.5, 0.6) is 5.75 Å². The molecule has 0 unspecified atom stereocenters. The highest BCUT2D eigenvalue weighted by atomic mass is 19.1. The van der Waals surface area contributed by atoms with Gasteiger partial charge in [-0.3, -0.25) is 0 Å². The van der Waals surface area contributed by atoms with Crippen LogP contribution in [0.3, 0.4) is 0 Å². The van der Waals surface area contributed by atoms with Gasteiger partial charge in [0.15, 0.2) is 17.3 Å². The standard InChI is InChI=1S/C24H18FNO4/c25-20-13-19(11-12-22(20)28-14-17-7-3-1-4-8-17)23-26-21(16-29-23)24(27)30-15-18-9-5-2-6-10-18/h1-13,16H,14-15H2. The summed E-state index contributed by atoms with van der Waals surface area (Å²) in [5.74, 6) is -0.918. The fourth-order valence-corrected chi connectivity index (χ4v) is 2.78. The number of aromatic nitrogens is 1. The second kappa shape index (κ2) is 9.05. The van der Waals surface area contributed by atoms with E-state index < -0.39 is 11.8 Å². The highest BCUT2D eigenvalue weighted by Gasteiger charge is 2.16. The third-order valence-electron chi connectivity index (χ3n) is 4.34. The first-order chi connectivity index (χ1) is 14.7. The maximum atomic E-state index is 14.4. The number of ether oxygens (including phenoxy) is 2. The van der Waals surface area contributed by atoms with Crippen molar-refractivity contribution in [3.05, 3.63) is 108 Å². The van der Waals surface area contributed by atoms with Crippen molar-refractivity contribution in [1.29, 1.82) is 0 Å². The molecule has 0 amide bonds. The molecule has 30 heavy (non-hydrogen) atoms. The summed E-state index contributed by atoms with van der Waals surface area (Å²) in [6, 6.07) is 23.2. The Hall–Kier alpha value is -3.93. The van der Waals surface area contributed by atoms with Gasteiger partial charge in [-0.2, -0.15) is 0 Å². The smallest absolute Gasteiger partial charge is 0.360 e. The third-order valence-corrected chi connectivity index (χ3v) is 4.34. The summed E-state index contributed by atoms with van der Waals surface area (Å²) in [4.78, 5) is 16.3. The molecule has 1 heterocycles. The number of hydrogen-bond donors (Lipinski definition) is 0. The fraction of sp³-hybridized carbons (Fsp3) is 0.0833. The largest absolute Gasteiger partial charge is 0.486 e. The van der Waals surface area contributed by atoms with Crippen molar-refractivity contribution in [2.24, 2.45) is 0 Å². The third kappa shape index (κ3) is 4.72. The zero-order valence-electron chi connectivity index (χ0n) is 16.0. The van der Waals surface area contributed by atoms with Gasteiger partial charge in [0.25, 0.3) is 0 Å². The van der Waals surface area contributed by atoms with Crippen molar-refractivity contribution >= 4 is 5.97 Å². The lowest BCUT2D eigenvalue weighted by atomic mass is 10.2. The second-order valence-corrected chi connectivity index (χ2v) is 6.52. The van der Waals surface area contributed by atoms with E-state index in [-0.39, 0.29) is 30.5 Å². The molecule has 0 radical (unpaired) electrons. The van der Waals surface area contributed by atoms with Gasteiger partial charge in [0, 0.05) is 5.56 Å². The Morgan fingerprint density at radius 1 is 0.900 bits per heavy atom. The van der Waals surface area contributed by atoms with Crippen molar-refractivity contribution in [2.75, 3.05) is 0 Å². The number of benzene rings is 3. The summed E-state index contributed by atoms with van der Waals surface area (Å²) in [7, 11) is 0. The number of rotatable bonds is 7. The number of halogens is 1. The fourth-order valence-electron chi connectivity index (χ4n) is 2.78. The van der Waals surface area contributed by atoms with Crippen LogP contribution in [0.1, 0.15) is 21.6 Å². The first-order valence-corrected chi connectivity index (χ1v) is 9.32. The minimum Gasteiger partial charge on any atom is -0.486 e. The van der Waals surface area contributed by atoms with Crippen LogP contribution in [0.4, 0.5) is 4.39 Å². The van der Waals surface area contributed by atoms with Crippen LogP contribution in [0.25, 0.3) is 11.5 Å². The van der Waals surface area contributed by atoms with Crippen LogP contribution in [0, 0.1) is 5.82 Å². The summed E-state index contributed by atoms with van der Waals surface area (Å²) in [5.41, 5.74) is 2.21. The summed E-state index contributed by atoms with van der Waals surface area (Å²) in [6.45, 7) is 0.386. The van der Waals surface area contributed by atoms with Crippen LogP contribution in [0.2, 0.25) is 0 Å². The number of carbonyl (C=O) groups excluding carboxylic acids is 1. The number of carbonyl (C=O) groups is 1. The summed E-state index contributed by atoms with van der Waals surface area (Å²) in [5, 5.41) is 0. The van der Waals surface area contributed by atoms with E-state index in [1.54, 1.807) is 6.07 Å². The predicted octanol–water partition coefficient (Wildman–Crippen LogP) is 5.42. The maximum absolute atomic E-state index is 14.4. The predicted molar refractivity (Wildman–Crippen MR) is 108 cm³/mol. The second-order valence-electron chi connectivity index (χ2n) is 6.52. The lowest BCUT2D eigenvalue weighted by Gasteiger charge is -2.08. The Labute approximate surface area is 172 Å². The highest BCUT2D eigenvalue weighted by Crippen LogP contribution is 2.26. The summed E-state index contributed by atoms with van der Waals surface area (Å²) >= 11 is 0. The van der Waals surface area contributed by atoms with Gasteiger partial charge in [-0.25, -0.2) is 14.2 Å². The molecule has 0 N–H and O–H groups in total. The lowest BCUT2D eigenvalue weighted by molar-refractivity contribution is 0.0465. The zero-order valence-corrected chi connectivity index (χ0v) is 16.0. The first-order valence-electron chi connectivity index (χ1n) is 9.32. The van der Waals surface area contributed by atoms with Crippen LogP contribution in [-0.4, -0.2) is 11.0 Å². The van der Waals surface area contributed by atoms with E-state index >= 15 is 0 Å². The van der Waals surface area contributed by atoms with Gasteiger partial charge in [-0.05, 0) is 29.3 Å². The molecule has 0 aliphatic carbocycles. The minimum absolute atomic E-state index is 0.0192. The quantitative estimate of drug-likeness (QED) is 0.386. The molecule has 0 aliphatic heterocycles. The van der Waals surface area contributed by atoms with Crippen molar-refractivity contribution < 1.29 is 23.1 Å². The molecule has 4 rings (SSSR count). The average Bonchev–Trinajstić information content (AvgIpc) is 3.28. The normalized spacial score (nSPS) is 10.6. The number of esters is 1. The molecular weight excluding hydrogens is 385 g/mol. The molecule has 6 heteroatoms. The van der Waals surface area contributed by atoms with E-state index in [2.05, 4.69) is 4.98 Å². The van der Waals surface area contributed by atoms with Gasteiger partial charge in [0.05, 0.1) is 0 Å². The van der Waals surface area contributed by atoms with Gasteiger partial charge in [0.2, 0.25) is 5.89 Å². The van der Waals surface area contributed by atoms with E-state index in [9.17, 15) is 9.18 Å². The van der Waals surface area contributed by atoms with Crippen LogP contribution in [-0.2, 0) is 18.0 Å². The topological polar surface area (TPSA) is 61.6 Å². The van der Waals surface area contributed by atoms with Gasteiger partial charge in [-0.1, -0.05) is 60.7 Å². The minimum atomic E-state index is -0.614. The molecule has 4 aromatic rings.